The summed E-state index contributed by atoms with van der Waals surface area (Å²) in [6.07, 6.45) is 0.775. The van der Waals surface area contributed by atoms with Crippen molar-refractivity contribution in [3.8, 4) is 0 Å². The van der Waals surface area contributed by atoms with Gasteiger partial charge in [-0.2, -0.15) is 0 Å². The number of hydrogen-bond acceptors (Lipinski definition) is 3. The monoisotopic (exact) mass is 214 g/mol. The maximum Gasteiger partial charge on any atom is 0.356 e. The van der Waals surface area contributed by atoms with Crippen LogP contribution in [0.3, 0.4) is 0 Å². The maximum absolute atomic E-state index is 11.3. The first-order chi connectivity index (χ1) is 6.54. The molecule has 1 aromatic rings. The molecule has 78 valence electrons. The van der Waals surface area contributed by atoms with Crippen LogP contribution in [0.1, 0.15) is 30.0 Å². The molecule has 14 heavy (non-hydrogen) atoms. The van der Waals surface area contributed by atoms with Crippen LogP contribution in [-0.2, 0) is 11.2 Å². The Bertz CT molecular complexity index is 378. The molecule has 0 saturated carbocycles. The average molecular weight is 214 g/mol. The Labute approximate surface area is 87.7 Å². The normalized spacial score (nSPS) is 10.6. The molecule has 1 aromatic heterocycles. The lowest BCUT2D eigenvalue weighted by atomic mass is 10.1. The molecule has 5 heteroatoms. The Hall–Kier alpha value is -1.10. The van der Waals surface area contributed by atoms with E-state index in [-0.39, 0.29) is 5.97 Å². The van der Waals surface area contributed by atoms with Crippen LogP contribution < -0.4 is 0 Å². The predicted octanol–water partition coefficient (Wildman–Crippen LogP) is 2.06. The Balaban J connectivity index is 3.02. The highest BCUT2D eigenvalue weighted by Gasteiger charge is 2.15. The largest absolute Gasteiger partial charge is 0.464 e. The quantitative estimate of drug-likeness (QED) is 0.598. The van der Waals surface area contributed by atoms with Crippen molar-refractivity contribution in [2.45, 2.75) is 20.3 Å². The van der Waals surface area contributed by atoms with Crippen molar-refractivity contribution in [2.75, 3.05) is 7.11 Å². The number of carbonyl (C=O) groups is 1. The summed E-state index contributed by atoms with van der Waals surface area (Å²) in [5.74, 6) is 0.0767. The fraction of sp³-hybridized carbons (Fsp3) is 0.556. The molecule has 0 saturated heterocycles. The third kappa shape index (κ3) is 2.45. The summed E-state index contributed by atoms with van der Waals surface area (Å²) in [5.41, 5.74) is 1.25. The van der Waals surface area contributed by atoms with Gasteiger partial charge in [0, 0.05) is 5.69 Å². The molecule has 1 heterocycles. The molecule has 0 aromatic carbocycles. The van der Waals surface area contributed by atoms with E-state index in [0.29, 0.717) is 16.4 Å². The van der Waals surface area contributed by atoms with Crippen LogP contribution in [0, 0.1) is 10.7 Å². The number of methoxy groups -OCH3 is 1. The van der Waals surface area contributed by atoms with Gasteiger partial charge in [-0.15, -0.1) is 0 Å². The highest BCUT2D eigenvalue weighted by atomic mass is 32.1. The summed E-state index contributed by atoms with van der Waals surface area (Å²) >= 11 is 4.92. The Kier molecular flexibility index (Phi) is 3.46. The minimum absolute atomic E-state index is 0.381. The molecule has 0 radical (unpaired) electrons. The van der Waals surface area contributed by atoms with E-state index in [9.17, 15) is 4.79 Å². The standard InChI is InChI=1S/C9H14N2O2S/c1-5(2)4-6-7(8(12)13-3)11-9(14)10-6/h5H,4H2,1-3H3,(H2,10,11,14). The zero-order valence-corrected chi connectivity index (χ0v) is 9.33. The third-order valence-corrected chi connectivity index (χ3v) is 2.01. The van der Waals surface area contributed by atoms with Crippen molar-refractivity contribution >= 4 is 18.2 Å². The lowest BCUT2D eigenvalue weighted by Gasteiger charge is -2.03. The number of aromatic nitrogens is 2. The summed E-state index contributed by atoms with van der Waals surface area (Å²) in [6.45, 7) is 4.15. The van der Waals surface area contributed by atoms with E-state index in [4.69, 9.17) is 12.2 Å². The van der Waals surface area contributed by atoms with E-state index in [1.165, 1.54) is 7.11 Å². The van der Waals surface area contributed by atoms with Crippen LogP contribution in [0.5, 0.6) is 0 Å². The third-order valence-electron chi connectivity index (χ3n) is 1.81. The number of nitrogens with one attached hydrogen (secondary N) is 2. The van der Waals surface area contributed by atoms with Gasteiger partial charge in [0.2, 0.25) is 0 Å². The number of rotatable bonds is 3. The van der Waals surface area contributed by atoms with E-state index >= 15 is 0 Å². The van der Waals surface area contributed by atoms with Gasteiger partial charge in [0.25, 0.3) is 0 Å². The van der Waals surface area contributed by atoms with E-state index in [1.807, 2.05) is 0 Å². The molecule has 0 unspecified atom stereocenters. The van der Waals surface area contributed by atoms with Gasteiger partial charge in [0.05, 0.1) is 7.11 Å². The second kappa shape index (κ2) is 4.41. The Morgan fingerprint density at radius 2 is 2.14 bits per heavy atom. The predicted molar refractivity (Wildman–Crippen MR) is 55.9 cm³/mol. The lowest BCUT2D eigenvalue weighted by Crippen LogP contribution is -2.07. The molecule has 4 nitrogen and oxygen atoms in total. The van der Waals surface area contributed by atoms with Crippen LogP contribution in [0.25, 0.3) is 0 Å². The van der Waals surface area contributed by atoms with E-state index in [2.05, 4.69) is 28.6 Å². The van der Waals surface area contributed by atoms with Gasteiger partial charge in [0.1, 0.15) is 5.69 Å². The molecular weight excluding hydrogens is 200 g/mol. The molecule has 0 spiro atoms. The van der Waals surface area contributed by atoms with Gasteiger partial charge >= 0.3 is 5.97 Å². The summed E-state index contributed by atoms with van der Waals surface area (Å²) in [5, 5.41) is 0. The highest BCUT2D eigenvalue weighted by molar-refractivity contribution is 7.71. The number of carbonyl (C=O) groups excluding carboxylic acids is 1. The lowest BCUT2D eigenvalue weighted by molar-refractivity contribution is 0.0593. The Morgan fingerprint density at radius 1 is 1.50 bits per heavy atom. The number of esters is 1. The SMILES string of the molecule is COC(=O)c1[nH]c(=S)[nH]c1CC(C)C. The molecule has 0 fully saturated rings. The second-order valence-corrected chi connectivity index (χ2v) is 3.93. The first-order valence-electron chi connectivity index (χ1n) is 4.44. The summed E-state index contributed by atoms with van der Waals surface area (Å²) < 4.78 is 5.09. The van der Waals surface area contributed by atoms with E-state index in [1.54, 1.807) is 0 Å². The molecule has 0 aliphatic carbocycles. The maximum atomic E-state index is 11.3. The van der Waals surface area contributed by atoms with Crippen molar-refractivity contribution in [1.82, 2.24) is 9.97 Å². The molecule has 0 aliphatic rings. The van der Waals surface area contributed by atoms with Gasteiger partial charge in [-0.3, -0.25) is 0 Å². The minimum atomic E-state index is -0.381. The minimum Gasteiger partial charge on any atom is -0.464 e. The first kappa shape index (κ1) is 11.0. The van der Waals surface area contributed by atoms with Crippen LogP contribution in [0.15, 0.2) is 0 Å². The smallest absolute Gasteiger partial charge is 0.356 e. The topological polar surface area (TPSA) is 57.9 Å². The van der Waals surface area contributed by atoms with Crippen molar-refractivity contribution < 1.29 is 9.53 Å². The fourth-order valence-electron chi connectivity index (χ4n) is 1.26. The number of hydrogen-bond donors (Lipinski definition) is 2. The van der Waals surface area contributed by atoms with Gasteiger partial charge < -0.3 is 14.7 Å². The van der Waals surface area contributed by atoms with Gasteiger partial charge in [0.15, 0.2) is 4.77 Å². The van der Waals surface area contributed by atoms with Crippen LogP contribution in [0.2, 0.25) is 0 Å². The van der Waals surface area contributed by atoms with Crippen LogP contribution in [0.4, 0.5) is 0 Å². The zero-order chi connectivity index (χ0) is 10.7. The Morgan fingerprint density at radius 3 is 2.64 bits per heavy atom. The van der Waals surface area contributed by atoms with Crippen LogP contribution in [-0.4, -0.2) is 23.0 Å². The summed E-state index contributed by atoms with van der Waals surface area (Å²) in [4.78, 5) is 17.0. The average Bonchev–Trinajstić information content (AvgIpc) is 2.44. The molecule has 0 aliphatic heterocycles. The molecular formula is C9H14N2O2S. The number of ether oxygens (including phenoxy) is 1. The molecule has 1 rings (SSSR count). The van der Waals surface area contributed by atoms with Gasteiger partial charge in [-0.25, -0.2) is 4.79 Å². The fourth-order valence-corrected chi connectivity index (χ4v) is 1.48. The van der Waals surface area contributed by atoms with Crippen molar-refractivity contribution in [3.63, 3.8) is 0 Å². The molecule has 0 amide bonds. The van der Waals surface area contributed by atoms with Crippen LogP contribution >= 0.6 is 12.2 Å². The van der Waals surface area contributed by atoms with Gasteiger partial charge in [-0.05, 0) is 24.6 Å². The number of aromatic amines is 2. The second-order valence-electron chi connectivity index (χ2n) is 3.52. The highest BCUT2D eigenvalue weighted by Crippen LogP contribution is 2.11. The van der Waals surface area contributed by atoms with E-state index < -0.39 is 0 Å². The molecule has 2 N–H and O–H groups in total. The van der Waals surface area contributed by atoms with Crippen molar-refractivity contribution in [2.24, 2.45) is 5.92 Å². The number of imidazole rings is 1. The number of H-pyrrole nitrogens is 2. The van der Waals surface area contributed by atoms with Crippen molar-refractivity contribution in [3.05, 3.63) is 16.2 Å². The summed E-state index contributed by atoms with van der Waals surface area (Å²) in [6, 6.07) is 0. The van der Waals surface area contributed by atoms with Crippen molar-refractivity contribution in [1.29, 1.82) is 0 Å². The first-order valence-corrected chi connectivity index (χ1v) is 4.85. The molecule has 0 bridgehead atoms. The zero-order valence-electron chi connectivity index (χ0n) is 8.51. The summed E-state index contributed by atoms with van der Waals surface area (Å²) in [7, 11) is 1.35. The van der Waals surface area contributed by atoms with E-state index in [0.717, 1.165) is 12.1 Å². The van der Waals surface area contributed by atoms with Gasteiger partial charge in [-0.1, -0.05) is 13.8 Å². The molecule has 0 atom stereocenters.